The Morgan fingerprint density at radius 2 is 1.47 bits per heavy atom. The number of unbranched alkanes of at least 4 members (excludes halogenated alkanes) is 8. The topological polar surface area (TPSA) is 0 Å². The fourth-order valence-electron chi connectivity index (χ4n) is 1.75. The van der Waals surface area contributed by atoms with Crippen molar-refractivity contribution in [2.75, 3.05) is 0 Å². The molecule has 1 heteroatoms. The van der Waals surface area contributed by atoms with Gasteiger partial charge in [0, 0.05) is 5.51 Å². The summed E-state index contributed by atoms with van der Waals surface area (Å²) in [5.41, 5.74) is 1.27. The average Bonchev–Trinajstić information content (AvgIpc) is 2.26. The Morgan fingerprint density at radius 3 is 1.93 bits per heavy atom. The SMILES string of the molecule is [2H]/C(Cl)=C(/C)CCCCCCCCCCC. The molecule has 0 aromatic rings. The van der Waals surface area contributed by atoms with Crippen molar-refractivity contribution in [3.63, 3.8) is 0 Å². The molecule has 0 atom stereocenters. The van der Waals surface area contributed by atoms with Crippen LogP contribution in [0.5, 0.6) is 0 Å². The number of hydrogen-bond donors (Lipinski definition) is 0. The number of allylic oxidation sites excluding steroid dienone is 1. The molecule has 0 rings (SSSR count). The molecule has 0 aromatic heterocycles. The lowest BCUT2D eigenvalue weighted by Crippen LogP contribution is -1.82. The van der Waals surface area contributed by atoms with E-state index < -0.39 is 0 Å². The summed E-state index contributed by atoms with van der Waals surface area (Å²) in [5.74, 6) is 0. The number of hydrogen-bond acceptors (Lipinski definition) is 0. The Labute approximate surface area is 103 Å². The van der Waals surface area contributed by atoms with Gasteiger partial charge in [0.05, 0.1) is 1.37 Å². The lowest BCUT2D eigenvalue weighted by molar-refractivity contribution is 0.564. The van der Waals surface area contributed by atoms with Gasteiger partial charge in [-0.2, -0.15) is 0 Å². The summed E-state index contributed by atoms with van der Waals surface area (Å²) < 4.78 is 7.24. The highest BCUT2D eigenvalue weighted by atomic mass is 35.5. The van der Waals surface area contributed by atoms with E-state index in [2.05, 4.69) is 6.92 Å². The zero-order chi connectivity index (χ0) is 12.2. The minimum Gasteiger partial charge on any atom is -0.0930 e. The highest BCUT2D eigenvalue weighted by Crippen LogP contribution is 2.13. The van der Waals surface area contributed by atoms with Crippen molar-refractivity contribution in [3.05, 3.63) is 11.1 Å². The van der Waals surface area contributed by atoms with Gasteiger partial charge in [0.2, 0.25) is 0 Å². The van der Waals surface area contributed by atoms with Gasteiger partial charge < -0.3 is 0 Å². The Bertz CT molecular complexity index is 183. The number of rotatable bonds is 10. The quantitative estimate of drug-likeness (QED) is 0.402. The highest BCUT2D eigenvalue weighted by Gasteiger charge is 1.93. The van der Waals surface area contributed by atoms with Crippen molar-refractivity contribution >= 4 is 11.6 Å². The van der Waals surface area contributed by atoms with E-state index in [0.717, 1.165) is 12.0 Å². The molecule has 0 fully saturated rings. The van der Waals surface area contributed by atoms with Gasteiger partial charge in [-0.1, -0.05) is 75.5 Å². The molecule has 0 spiro atoms. The fourth-order valence-corrected chi connectivity index (χ4v) is 1.84. The summed E-state index contributed by atoms with van der Waals surface area (Å²) in [6, 6.07) is 0. The van der Waals surface area contributed by atoms with E-state index in [1.807, 2.05) is 6.92 Å². The molecule has 0 radical (unpaired) electrons. The smallest absolute Gasteiger partial charge is 0.0754 e. The van der Waals surface area contributed by atoms with Crippen molar-refractivity contribution in [2.24, 2.45) is 0 Å². The maximum absolute atomic E-state index is 7.24. The minimum atomic E-state index is 0.236. The molecule has 0 aliphatic carbocycles. The molecule has 0 amide bonds. The minimum absolute atomic E-state index is 0.236. The van der Waals surface area contributed by atoms with Crippen LogP contribution in [0.2, 0.25) is 0 Å². The van der Waals surface area contributed by atoms with Crippen LogP contribution in [0.1, 0.15) is 79.4 Å². The average molecular weight is 232 g/mol. The third kappa shape index (κ3) is 12.0. The summed E-state index contributed by atoms with van der Waals surface area (Å²) in [6.07, 6.45) is 13.1. The van der Waals surface area contributed by atoms with E-state index in [1.165, 1.54) is 57.8 Å². The normalized spacial score (nSPS) is 13.7. The molecule has 0 saturated carbocycles. The third-order valence-electron chi connectivity index (χ3n) is 2.82. The molecule has 15 heavy (non-hydrogen) atoms. The summed E-state index contributed by atoms with van der Waals surface area (Å²) in [5, 5.41) is 0. The van der Waals surface area contributed by atoms with Gasteiger partial charge in [-0.25, -0.2) is 0 Å². The largest absolute Gasteiger partial charge is 0.0930 e. The van der Waals surface area contributed by atoms with Crippen molar-refractivity contribution < 1.29 is 1.37 Å². The molecule has 0 unspecified atom stereocenters. The van der Waals surface area contributed by atoms with Crippen molar-refractivity contribution in [3.8, 4) is 0 Å². The van der Waals surface area contributed by atoms with Crippen LogP contribution in [-0.4, -0.2) is 0 Å². The Balaban J connectivity index is 3.13. The van der Waals surface area contributed by atoms with Crippen LogP contribution in [0.15, 0.2) is 11.1 Å². The summed E-state index contributed by atoms with van der Waals surface area (Å²) in [6.45, 7) is 4.22. The van der Waals surface area contributed by atoms with E-state index >= 15 is 0 Å². The molecule has 0 aromatic carbocycles. The van der Waals surface area contributed by atoms with Crippen LogP contribution in [0.25, 0.3) is 0 Å². The standard InChI is InChI=1S/C14H27Cl/c1-3-4-5-6-7-8-9-10-11-12-14(2)13-15/h13H,3-12H2,1-2H3/b14-13+/i13D. The first-order chi connectivity index (χ1) is 7.68. The van der Waals surface area contributed by atoms with E-state index in [-0.39, 0.29) is 5.51 Å². The Hall–Kier alpha value is 0.0300. The maximum atomic E-state index is 7.24. The van der Waals surface area contributed by atoms with Gasteiger partial charge in [0.15, 0.2) is 0 Å². The molecular weight excluding hydrogens is 204 g/mol. The fraction of sp³-hybridized carbons (Fsp3) is 0.857. The molecule has 90 valence electrons. The molecule has 0 aliphatic heterocycles. The molecule has 0 nitrogen and oxygen atoms in total. The first-order valence-corrected chi connectivity index (χ1v) is 6.88. The lowest BCUT2D eigenvalue weighted by Gasteiger charge is -2.02. The molecule has 0 saturated heterocycles. The monoisotopic (exact) mass is 231 g/mol. The second kappa shape index (κ2) is 12.1. The number of halogens is 1. The second-order valence-electron chi connectivity index (χ2n) is 4.45. The zero-order valence-corrected chi connectivity index (χ0v) is 11.2. The Kier molecular flexibility index (Phi) is 10.6. The molecular formula is C14H27Cl. The summed E-state index contributed by atoms with van der Waals surface area (Å²) in [4.78, 5) is 0. The first kappa shape index (κ1) is 13.1. The van der Waals surface area contributed by atoms with E-state index in [4.69, 9.17) is 13.0 Å². The molecule has 0 heterocycles. The van der Waals surface area contributed by atoms with Crippen LogP contribution in [0.3, 0.4) is 0 Å². The predicted octanol–water partition coefficient (Wildman–Crippen LogP) is 6.05. The van der Waals surface area contributed by atoms with Gasteiger partial charge in [0.25, 0.3) is 0 Å². The van der Waals surface area contributed by atoms with E-state index in [0.29, 0.717) is 0 Å². The van der Waals surface area contributed by atoms with Gasteiger partial charge in [0.1, 0.15) is 0 Å². The van der Waals surface area contributed by atoms with E-state index in [9.17, 15) is 0 Å². The first-order valence-electron chi connectivity index (χ1n) is 7.00. The van der Waals surface area contributed by atoms with Crippen LogP contribution >= 0.6 is 11.6 Å². The van der Waals surface area contributed by atoms with Crippen molar-refractivity contribution in [1.82, 2.24) is 0 Å². The maximum Gasteiger partial charge on any atom is 0.0754 e. The predicted molar refractivity (Wildman–Crippen MR) is 71.5 cm³/mol. The summed E-state index contributed by atoms with van der Waals surface area (Å²) in [7, 11) is 0. The van der Waals surface area contributed by atoms with Crippen molar-refractivity contribution in [1.29, 1.82) is 0 Å². The Morgan fingerprint density at radius 1 is 1.00 bits per heavy atom. The van der Waals surface area contributed by atoms with Gasteiger partial charge in [-0.3, -0.25) is 0 Å². The van der Waals surface area contributed by atoms with Crippen LogP contribution in [-0.2, 0) is 0 Å². The third-order valence-corrected chi connectivity index (χ3v) is 3.14. The molecule has 0 N–H and O–H groups in total. The zero-order valence-electron chi connectivity index (χ0n) is 11.4. The van der Waals surface area contributed by atoms with Gasteiger partial charge >= 0.3 is 0 Å². The van der Waals surface area contributed by atoms with Crippen LogP contribution in [0.4, 0.5) is 0 Å². The van der Waals surface area contributed by atoms with E-state index in [1.54, 1.807) is 0 Å². The van der Waals surface area contributed by atoms with Crippen LogP contribution < -0.4 is 0 Å². The second-order valence-corrected chi connectivity index (χ2v) is 4.64. The van der Waals surface area contributed by atoms with Gasteiger partial charge in [-0.15, -0.1) is 0 Å². The van der Waals surface area contributed by atoms with Crippen LogP contribution in [0, 0.1) is 0 Å². The van der Waals surface area contributed by atoms with Gasteiger partial charge in [-0.05, 0) is 19.8 Å². The lowest BCUT2D eigenvalue weighted by atomic mass is 10.1. The summed E-state index contributed by atoms with van der Waals surface area (Å²) >= 11 is 5.59. The highest BCUT2D eigenvalue weighted by molar-refractivity contribution is 6.25. The molecule has 0 bridgehead atoms. The molecule has 0 aliphatic rings. The van der Waals surface area contributed by atoms with Crippen molar-refractivity contribution in [2.45, 2.75) is 78.1 Å².